The van der Waals surface area contributed by atoms with Crippen molar-refractivity contribution in [3.63, 3.8) is 0 Å². The maximum atomic E-state index is 11.4. The molecule has 0 heterocycles. The summed E-state index contributed by atoms with van der Waals surface area (Å²) >= 11 is 0. The lowest BCUT2D eigenvalue weighted by atomic mass is 10.2. The maximum absolute atomic E-state index is 11.4. The normalized spacial score (nSPS) is 10.5. The van der Waals surface area contributed by atoms with E-state index in [1.807, 2.05) is 0 Å². The van der Waals surface area contributed by atoms with Crippen molar-refractivity contribution in [2.24, 2.45) is 10.3 Å². The van der Waals surface area contributed by atoms with E-state index in [0.717, 1.165) is 0 Å². The fourth-order valence-corrected chi connectivity index (χ4v) is 1.03. The quantitative estimate of drug-likeness (QED) is 0.366. The van der Waals surface area contributed by atoms with Gasteiger partial charge in [0.2, 0.25) is 0 Å². The fourth-order valence-electron chi connectivity index (χ4n) is 1.03. The van der Waals surface area contributed by atoms with Crippen LogP contribution in [0.1, 0.15) is 17.3 Å². The third-order valence-electron chi connectivity index (χ3n) is 1.90. The van der Waals surface area contributed by atoms with Crippen molar-refractivity contribution in [2.75, 3.05) is 20.4 Å². The van der Waals surface area contributed by atoms with Crippen molar-refractivity contribution in [2.45, 2.75) is 6.92 Å². The van der Waals surface area contributed by atoms with Gasteiger partial charge in [-0.1, -0.05) is 5.22 Å². The van der Waals surface area contributed by atoms with Gasteiger partial charge >= 0.3 is 5.97 Å². The highest BCUT2D eigenvalue weighted by molar-refractivity contribution is 5.89. The number of carbonyl (C=O) groups is 1. The largest absolute Gasteiger partial charge is 0.462 e. The standard InChI is InChI=1S/C11H15N3O3/c1-3-17-11(16)9-4-6-10(7-5-9)12-13-14(2)8-15/h4-7,15H,3,8H2,1-2H3. The Hall–Kier alpha value is -1.95. The molecule has 0 radical (unpaired) electrons. The number of aliphatic hydroxyl groups excluding tert-OH is 1. The van der Waals surface area contributed by atoms with E-state index in [1.165, 1.54) is 5.01 Å². The van der Waals surface area contributed by atoms with Gasteiger partial charge in [-0.15, -0.1) is 5.11 Å². The van der Waals surface area contributed by atoms with Crippen molar-refractivity contribution in [1.29, 1.82) is 0 Å². The van der Waals surface area contributed by atoms with Gasteiger partial charge in [0.05, 0.1) is 17.9 Å². The van der Waals surface area contributed by atoms with Crippen LogP contribution in [0.2, 0.25) is 0 Å². The van der Waals surface area contributed by atoms with Crippen LogP contribution in [-0.2, 0) is 4.74 Å². The highest BCUT2D eigenvalue weighted by Gasteiger charge is 2.05. The first-order chi connectivity index (χ1) is 8.17. The Labute approximate surface area is 99.5 Å². The first kappa shape index (κ1) is 13.1. The number of nitrogens with zero attached hydrogens (tertiary/aromatic N) is 3. The SMILES string of the molecule is CCOC(=O)c1ccc(N=NN(C)CO)cc1. The van der Waals surface area contributed by atoms with Crippen LogP contribution in [0.25, 0.3) is 0 Å². The number of hydrogen-bond acceptors (Lipinski definition) is 5. The van der Waals surface area contributed by atoms with Gasteiger partial charge in [0, 0.05) is 7.05 Å². The Morgan fingerprint density at radius 3 is 2.59 bits per heavy atom. The first-order valence-electron chi connectivity index (χ1n) is 5.18. The average molecular weight is 237 g/mol. The van der Waals surface area contributed by atoms with E-state index in [1.54, 1.807) is 38.2 Å². The molecule has 1 N–H and O–H groups in total. The molecule has 1 aromatic carbocycles. The molecule has 6 nitrogen and oxygen atoms in total. The number of carbonyl (C=O) groups excluding carboxylic acids is 1. The zero-order valence-electron chi connectivity index (χ0n) is 9.83. The van der Waals surface area contributed by atoms with Crippen molar-refractivity contribution in [3.8, 4) is 0 Å². The maximum Gasteiger partial charge on any atom is 0.338 e. The van der Waals surface area contributed by atoms with Gasteiger partial charge in [-0.2, -0.15) is 0 Å². The summed E-state index contributed by atoms with van der Waals surface area (Å²) in [5, 5.41) is 17.6. The smallest absolute Gasteiger partial charge is 0.338 e. The third kappa shape index (κ3) is 4.20. The molecule has 0 saturated carbocycles. The first-order valence-corrected chi connectivity index (χ1v) is 5.18. The van der Waals surface area contributed by atoms with Crippen molar-refractivity contribution < 1.29 is 14.6 Å². The summed E-state index contributed by atoms with van der Waals surface area (Å²) in [6.45, 7) is 1.90. The molecule has 0 aromatic heterocycles. The van der Waals surface area contributed by atoms with E-state index >= 15 is 0 Å². The van der Waals surface area contributed by atoms with Crippen molar-refractivity contribution in [1.82, 2.24) is 5.01 Å². The Kier molecular flexibility index (Phi) is 5.09. The van der Waals surface area contributed by atoms with Crippen LogP contribution in [0.5, 0.6) is 0 Å². The molecule has 0 fully saturated rings. The molecule has 0 bridgehead atoms. The molecular formula is C11H15N3O3. The summed E-state index contributed by atoms with van der Waals surface area (Å²) in [6, 6.07) is 6.54. The number of benzene rings is 1. The second-order valence-corrected chi connectivity index (χ2v) is 3.26. The molecule has 0 spiro atoms. The molecule has 1 rings (SSSR count). The van der Waals surface area contributed by atoms with Crippen molar-refractivity contribution >= 4 is 11.7 Å². The predicted octanol–water partition coefficient (Wildman–Crippen LogP) is 1.74. The Morgan fingerprint density at radius 1 is 1.41 bits per heavy atom. The van der Waals surface area contributed by atoms with Crippen LogP contribution in [0, 0.1) is 0 Å². The van der Waals surface area contributed by atoms with Crippen molar-refractivity contribution in [3.05, 3.63) is 29.8 Å². The minimum absolute atomic E-state index is 0.204. The fraction of sp³-hybridized carbons (Fsp3) is 0.364. The lowest BCUT2D eigenvalue weighted by Crippen LogP contribution is -2.10. The summed E-state index contributed by atoms with van der Waals surface area (Å²) in [4.78, 5) is 11.4. The van der Waals surface area contributed by atoms with Crippen LogP contribution >= 0.6 is 0 Å². The summed E-state index contributed by atoms with van der Waals surface area (Å²) < 4.78 is 4.85. The molecule has 0 saturated heterocycles. The average Bonchev–Trinajstić information content (AvgIpc) is 2.36. The summed E-state index contributed by atoms with van der Waals surface area (Å²) in [5.41, 5.74) is 1.07. The number of hydrogen-bond donors (Lipinski definition) is 1. The van der Waals surface area contributed by atoms with Gasteiger partial charge < -0.3 is 9.84 Å². The molecule has 0 atom stereocenters. The third-order valence-corrected chi connectivity index (χ3v) is 1.90. The highest BCUT2D eigenvalue weighted by Crippen LogP contribution is 2.14. The van der Waals surface area contributed by atoms with Gasteiger partial charge in [0.15, 0.2) is 0 Å². The Morgan fingerprint density at radius 2 is 2.06 bits per heavy atom. The lowest BCUT2D eigenvalue weighted by molar-refractivity contribution is 0.0526. The van der Waals surface area contributed by atoms with Gasteiger partial charge in [-0.25, -0.2) is 4.79 Å². The van der Waals surface area contributed by atoms with Gasteiger partial charge in [0.1, 0.15) is 6.73 Å². The van der Waals surface area contributed by atoms with Crippen LogP contribution < -0.4 is 0 Å². The van der Waals surface area contributed by atoms with Crippen LogP contribution in [0.4, 0.5) is 5.69 Å². The minimum Gasteiger partial charge on any atom is -0.462 e. The molecular weight excluding hydrogens is 222 g/mol. The number of esters is 1. The van der Waals surface area contributed by atoms with Gasteiger partial charge in [0.25, 0.3) is 0 Å². The zero-order valence-corrected chi connectivity index (χ0v) is 9.83. The Balaban J connectivity index is 2.68. The van der Waals surface area contributed by atoms with E-state index in [-0.39, 0.29) is 12.7 Å². The number of ether oxygens (including phenoxy) is 1. The van der Waals surface area contributed by atoms with Crippen LogP contribution in [0.15, 0.2) is 34.6 Å². The van der Waals surface area contributed by atoms with Crippen LogP contribution in [0.3, 0.4) is 0 Å². The number of rotatable bonds is 5. The van der Waals surface area contributed by atoms with E-state index in [4.69, 9.17) is 9.84 Å². The molecule has 1 aromatic rings. The van der Waals surface area contributed by atoms with E-state index < -0.39 is 0 Å². The monoisotopic (exact) mass is 237 g/mol. The summed E-state index contributed by atoms with van der Waals surface area (Å²) in [7, 11) is 1.59. The zero-order chi connectivity index (χ0) is 12.7. The Bertz CT molecular complexity index is 389. The second-order valence-electron chi connectivity index (χ2n) is 3.26. The molecule has 6 heteroatoms. The topological polar surface area (TPSA) is 74.5 Å². The minimum atomic E-state index is -0.358. The van der Waals surface area contributed by atoms with E-state index in [0.29, 0.717) is 17.9 Å². The molecule has 0 unspecified atom stereocenters. The molecule has 0 aliphatic carbocycles. The molecule has 0 aliphatic rings. The van der Waals surface area contributed by atoms with E-state index in [2.05, 4.69) is 10.3 Å². The second kappa shape index (κ2) is 6.59. The molecule has 17 heavy (non-hydrogen) atoms. The van der Waals surface area contributed by atoms with Gasteiger partial charge in [-0.3, -0.25) is 5.01 Å². The van der Waals surface area contributed by atoms with E-state index in [9.17, 15) is 4.79 Å². The molecule has 0 aliphatic heterocycles. The predicted molar refractivity (Wildman–Crippen MR) is 61.8 cm³/mol. The molecule has 92 valence electrons. The van der Waals surface area contributed by atoms with Crippen LogP contribution in [-0.4, -0.2) is 36.5 Å². The summed E-state index contributed by atoms with van der Waals surface area (Å²) in [5.74, 6) is -0.358. The number of aliphatic hydroxyl groups is 1. The lowest BCUT2D eigenvalue weighted by Gasteiger charge is -2.05. The van der Waals surface area contributed by atoms with Gasteiger partial charge in [-0.05, 0) is 31.2 Å². The molecule has 0 amide bonds. The summed E-state index contributed by atoms with van der Waals surface area (Å²) in [6.07, 6.45) is 0. The highest BCUT2D eigenvalue weighted by atomic mass is 16.5.